The van der Waals surface area contributed by atoms with Gasteiger partial charge in [0.05, 0.1) is 7.11 Å². The molecule has 1 amide bonds. The van der Waals surface area contributed by atoms with Crippen molar-refractivity contribution in [1.82, 2.24) is 10.2 Å². The summed E-state index contributed by atoms with van der Waals surface area (Å²) in [6.07, 6.45) is -0.501. The van der Waals surface area contributed by atoms with Crippen molar-refractivity contribution in [3.05, 3.63) is 65.5 Å². The number of hydrogen-bond acceptors (Lipinski definition) is 3. The smallest absolute Gasteiger partial charge is 0.411 e. The first kappa shape index (κ1) is 19.2. The quantitative estimate of drug-likeness (QED) is 0.636. The van der Waals surface area contributed by atoms with E-state index in [0.29, 0.717) is 18.8 Å². The fourth-order valence-electron chi connectivity index (χ4n) is 2.38. The summed E-state index contributed by atoms with van der Waals surface area (Å²) >= 11 is 0. The highest BCUT2D eigenvalue weighted by molar-refractivity contribution is 5.84. The van der Waals surface area contributed by atoms with Crippen LogP contribution in [0.25, 0.3) is 0 Å². The largest absolute Gasteiger partial charge is 0.453 e. The van der Waals surface area contributed by atoms with Crippen molar-refractivity contribution in [2.45, 2.75) is 13.1 Å². The minimum absolute atomic E-state index is 0.246. The van der Waals surface area contributed by atoms with Crippen LogP contribution in [0.3, 0.4) is 0 Å². The molecule has 0 bridgehead atoms. The fraction of sp³-hybridized carbons (Fsp3) is 0.263. The zero-order chi connectivity index (χ0) is 18.9. The van der Waals surface area contributed by atoms with Crippen LogP contribution in [0, 0.1) is 5.82 Å². The first-order chi connectivity index (χ1) is 12.5. The molecular formula is C19H23FN4O2. The van der Waals surface area contributed by atoms with Gasteiger partial charge < -0.3 is 15.0 Å². The molecule has 2 rings (SSSR count). The summed E-state index contributed by atoms with van der Waals surface area (Å²) in [6.45, 7) is 1.20. The maximum atomic E-state index is 13.0. The van der Waals surface area contributed by atoms with E-state index in [9.17, 15) is 9.18 Å². The molecule has 0 aliphatic heterocycles. The first-order valence-electron chi connectivity index (χ1n) is 8.12. The number of halogens is 1. The predicted octanol–water partition coefficient (Wildman–Crippen LogP) is 3.21. The minimum Gasteiger partial charge on any atom is -0.453 e. The Morgan fingerprint density at radius 2 is 1.73 bits per heavy atom. The second kappa shape index (κ2) is 9.41. The van der Waals surface area contributed by atoms with Crippen molar-refractivity contribution in [1.29, 1.82) is 0 Å². The third-order valence-corrected chi connectivity index (χ3v) is 3.74. The average molecular weight is 358 g/mol. The topological polar surface area (TPSA) is 66.0 Å². The van der Waals surface area contributed by atoms with Gasteiger partial charge in [-0.3, -0.25) is 10.3 Å². The summed E-state index contributed by atoms with van der Waals surface area (Å²) < 4.78 is 17.6. The molecule has 138 valence electrons. The van der Waals surface area contributed by atoms with Crippen LogP contribution in [-0.4, -0.2) is 38.2 Å². The number of rotatable bonds is 5. The van der Waals surface area contributed by atoms with Gasteiger partial charge in [0, 0.05) is 32.9 Å². The predicted molar refractivity (Wildman–Crippen MR) is 101 cm³/mol. The maximum Gasteiger partial charge on any atom is 0.411 e. The molecule has 2 aromatic carbocycles. The molecule has 2 N–H and O–H groups in total. The van der Waals surface area contributed by atoms with E-state index in [1.807, 2.05) is 24.1 Å². The average Bonchev–Trinajstić information content (AvgIpc) is 2.65. The number of nitrogens with zero attached hydrogens (tertiary/aromatic N) is 2. The van der Waals surface area contributed by atoms with E-state index < -0.39 is 6.09 Å². The number of carbonyl (C=O) groups is 1. The number of nitrogens with one attached hydrogen (secondary N) is 2. The van der Waals surface area contributed by atoms with Crippen LogP contribution in [0.15, 0.2) is 53.5 Å². The number of ether oxygens (including phenoxy) is 1. The lowest BCUT2D eigenvalue weighted by molar-refractivity contribution is 0.187. The molecule has 0 atom stereocenters. The van der Waals surface area contributed by atoms with Crippen molar-refractivity contribution in [2.75, 3.05) is 26.5 Å². The third kappa shape index (κ3) is 5.77. The lowest BCUT2D eigenvalue weighted by Crippen LogP contribution is -2.38. The molecule has 0 fully saturated rings. The summed E-state index contributed by atoms with van der Waals surface area (Å²) in [5.74, 6) is 0.482. The lowest BCUT2D eigenvalue weighted by atomic mass is 10.2. The van der Waals surface area contributed by atoms with Gasteiger partial charge in [0.25, 0.3) is 0 Å². The number of carbonyl (C=O) groups excluding carboxylic acids is 1. The van der Waals surface area contributed by atoms with Crippen LogP contribution in [0.1, 0.15) is 11.1 Å². The van der Waals surface area contributed by atoms with Gasteiger partial charge in [-0.1, -0.05) is 24.3 Å². The van der Waals surface area contributed by atoms with Crippen LogP contribution in [-0.2, 0) is 17.8 Å². The first-order valence-corrected chi connectivity index (χ1v) is 8.12. The van der Waals surface area contributed by atoms with Gasteiger partial charge in [-0.05, 0) is 35.4 Å². The molecule has 0 aliphatic rings. The Hall–Kier alpha value is -3.09. The van der Waals surface area contributed by atoms with Crippen molar-refractivity contribution in [3.63, 3.8) is 0 Å². The number of amides is 1. The summed E-state index contributed by atoms with van der Waals surface area (Å²) in [7, 11) is 4.95. The number of guanidine groups is 1. The van der Waals surface area contributed by atoms with Crippen LogP contribution >= 0.6 is 0 Å². The highest BCUT2D eigenvalue weighted by Gasteiger charge is 2.07. The van der Waals surface area contributed by atoms with Crippen molar-refractivity contribution >= 4 is 17.7 Å². The Kier molecular flexibility index (Phi) is 6.96. The Morgan fingerprint density at radius 1 is 1.12 bits per heavy atom. The maximum absolute atomic E-state index is 13.0. The van der Waals surface area contributed by atoms with Crippen molar-refractivity contribution in [3.8, 4) is 0 Å². The molecule has 0 saturated carbocycles. The van der Waals surface area contributed by atoms with Crippen molar-refractivity contribution in [2.24, 2.45) is 4.99 Å². The van der Waals surface area contributed by atoms with Gasteiger partial charge in [0.15, 0.2) is 5.96 Å². The summed E-state index contributed by atoms with van der Waals surface area (Å²) in [5.41, 5.74) is 2.70. The van der Waals surface area contributed by atoms with E-state index in [2.05, 4.69) is 20.4 Å². The molecule has 7 heteroatoms. The zero-order valence-electron chi connectivity index (χ0n) is 15.1. The molecule has 6 nitrogen and oxygen atoms in total. The highest BCUT2D eigenvalue weighted by Crippen LogP contribution is 2.10. The minimum atomic E-state index is -0.501. The molecule has 0 saturated heterocycles. The molecule has 0 radical (unpaired) electrons. The molecular weight excluding hydrogens is 335 g/mol. The van der Waals surface area contributed by atoms with Gasteiger partial charge in [-0.25, -0.2) is 9.18 Å². The Balaban J connectivity index is 1.89. The highest BCUT2D eigenvalue weighted by atomic mass is 19.1. The van der Waals surface area contributed by atoms with Gasteiger partial charge in [0.2, 0.25) is 0 Å². The normalized spacial score (nSPS) is 11.0. The number of methoxy groups -OCH3 is 1. The number of hydrogen-bond donors (Lipinski definition) is 2. The number of benzene rings is 2. The molecule has 0 spiro atoms. The summed E-state index contributed by atoms with van der Waals surface area (Å²) in [5, 5.41) is 5.88. The van der Waals surface area contributed by atoms with E-state index in [-0.39, 0.29) is 5.82 Å². The van der Waals surface area contributed by atoms with E-state index in [1.54, 1.807) is 31.3 Å². The summed E-state index contributed by atoms with van der Waals surface area (Å²) in [4.78, 5) is 17.4. The molecule has 2 aromatic rings. The van der Waals surface area contributed by atoms with Crippen molar-refractivity contribution < 1.29 is 13.9 Å². The van der Waals surface area contributed by atoms with Gasteiger partial charge in [-0.2, -0.15) is 0 Å². The second-order valence-electron chi connectivity index (χ2n) is 5.70. The SMILES string of the molecule is CN=C(NCc1ccc(NC(=O)OC)cc1)N(C)Cc1ccc(F)cc1. The number of anilines is 1. The van der Waals surface area contributed by atoms with Crippen LogP contribution < -0.4 is 10.6 Å². The van der Waals surface area contributed by atoms with Gasteiger partial charge in [0.1, 0.15) is 5.82 Å². The zero-order valence-corrected chi connectivity index (χ0v) is 15.1. The van der Waals surface area contributed by atoms with E-state index >= 15 is 0 Å². The van der Waals surface area contributed by atoms with Gasteiger partial charge >= 0.3 is 6.09 Å². The monoisotopic (exact) mass is 358 g/mol. The van der Waals surface area contributed by atoms with E-state index in [4.69, 9.17) is 0 Å². The molecule has 26 heavy (non-hydrogen) atoms. The van der Waals surface area contributed by atoms with Crippen LogP contribution in [0.4, 0.5) is 14.9 Å². The second-order valence-corrected chi connectivity index (χ2v) is 5.70. The molecule has 0 aromatic heterocycles. The fourth-order valence-corrected chi connectivity index (χ4v) is 2.38. The Morgan fingerprint density at radius 3 is 2.31 bits per heavy atom. The van der Waals surface area contributed by atoms with Crippen LogP contribution in [0.2, 0.25) is 0 Å². The number of aliphatic imine (C=N–C) groups is 1. The molecule has 0 aliphatic carbocycles. The van der Waals surface area contributed by atoms with Gasteiger partial charge in [-0.15, -0.1) is 0 Å². The standard InChI is InChI=1S/C19H23FN4O2/c1-21-18(24(2)13-15-4-8-16(20)9-5-15)22-12-14-6-10-17(11-7-14)23-19(25)26-3/h4-11H,12-13H2,1-3H3,(H,21,22)(H,23,25). The van der Waals surface area contributed by atoms with Crippen LogP contribution in [0.5, 0.6) is 0 Å². The van der Waals surface area contributed by atoms with E-state index in [0.717, 1.165) is 17.1 Å². The summed E-state index contributed by atoms with van der Waals surface area (Å²) in [6, 6.07) is 13.8. The Bertz CT molecular complexity index is 745. The molecule has 0 unspecified atom stereocenters. The van der Waals surface area contributed by atoms with E-state index in [1.165, 1.54) is 19.2 Å². The Labute approximate surface area is 152 Å². The third-order valence-electron chi connectivity index (χ3n) is 3.74. The lowest BCUT2D eigenvalue weighted by Gasteiger charge is -2.22. The molecule has 0 heterocycles.